The third-order valence-electron chi connectivity index (χ3n) is 2.55. The Balaban J connectivity index is 2.44. The third-order valence-corrected chi connectivity index (χ3v) is 2.55. The van der Waals surface area contributed by atoms with Crippen LogP contribution in [0.2, 0.25) is 0 Å². The zero-order valence-corrected chi connectivity index (χ0v) is 10.0. The van der Waals surface area contributed by atoms with Gasteiger partial charge in [0.05, 0.1) is 18.8 Å². The van der Waals surface area contributed by atoms with Gasteiger partial charge in [-0.1, -0.05) is 6.92 Å². The van der Waals surface area contributed by atoms with Crippen LogP contribution >= 0.6 is 0 Å². The number of ether oxygens (including phenoxy) is 1. The molecule has 1 saturated heterocycles. The second-order valence-electron chi connectivity index (χ2n) is 3.95. The quantitative estimate of drug-likeness (QED) is 0.692. The third kappa shape index (κ3) is 4.20. The average Bonchev–Trinajstić information content (AvgIpc) is 2.28. The number of morpholine rings is 1. The number of carbonyl (C=O) groups excluding carboxylic acids is 1. The summed E-state index contributed by atoms with van der Waals surface area (Å²) in [7, 11) is 0. The molecule has 0 radical (unpaired) electrons. The summed E-state index contributed by atoms with van der Waals surface area (Å²) in [4.78, 5) is 28.1. The molecule has 7 heteroatoms. The SMILES string of the molecule is CCC1COC(C)CN1C(=O)NOCC(=O)O. The van der Waals surface area contributed by atoms with Crippen molar-refractivity contribution in [1.82, 2.24) is 10.4 Å². The molecule has 98 valence electrons. The molecule has 1 rings (SSSR count). The number of nitrogens with one attached hydrogen (secondary N) is 1. The zero-order chi connectivity index (χ0) is 12.8. The predicted molar refractivity (Wildman–Crippen MR) is 58.3 cm³/mol. The normalized spacial score (nSPS) is 24.5. The number of hydrogen-bond acceptors (Lipinski definition) is 4. The van der Waals surface area contributed by atoms with Gasteiger partial charge < -0.3 is 14.7 Å². The van der Waals surface area contributed by atoms with Crippen molar-refractivity contribution >= 4 is 12.0 Å². The van der Waals surface area contributed by atoms with Crippen LogP contribution in [-0.2, 0) is 14.4 Å². The van der Waals surface area contributed by atoms with Gasteiger partial charge in [-0.25, -0.2) is 15.1 Å². The zero-order valence-electron chi connectivity index (χ0n) is 10.0. The molecule has 0 spiro atoms. The number of carbonyl (C=O) groups is 2. The Labute approximate surface area is 99.6 Å². The number of nitrogens with zero attached hydrogens (tertiary/aromatic N) is 1. The molecule has 0 bridgehead atoms. The molecule has 0 saturated carbocycles. The number of hydrogen-bond donors (Lipinski definition) is 2. The van der Waals surface area contributed by atoms with Crippen molar-refractivity contribution in [2.45, 2.75) is 32.4 Å². The molecule has 0 aromatic heterocycles. The van der Waals surface area contributed by atoms with Crippen LogP contribution < -0.4 is 5.48 Å². The van der Waals surface area contributed by atoms with Gasteiger partial charge in [0.25, 0.3) is 0 Å². The van der Waals surface area contributed by atoms with Gasteiger partial charge in [-0.2, -0.15) is 0 Å². The maximum Gasteiger partial charge on any atom is 0.341 e. The van der Waals surface area contributed by atoms with E-state index in [1.807, 2.05) is 13.8 Å². The lowest BCUT2D eigenvalue weighted by Gasteiger charge is -2.37. The maximum absolute atomic E-state index is 11.7. The summed E-state index contributed by atoms with van der Waals surface area (Å²) in [5.41, 5.74) is 2.12. The summed E-state index contributed by atoms with van der Waals surface area (Å²) in [6.45, 7) is 4.25. The molecule has 1 aliphatic rings. The van der Waals surface area contributed by atoms with Gasteiger partial charge in [-0.05, 0) is 13.3 Å². The number of rotatable bonds is 4. The average molecular weight is 246 g/mol. The van der Waals surface area contributed by atoms with Crippen molar-refractivity contribution in [2.75, 3.05) is 19.8 Å². The van der Waals surface area contributed by atoms with Crippen molar-refractivity contribution in [3.63, 3.8) is 0 Å². The Morgan fingerprint density at radius 2 is 2.29 bits per heavy atom. The number of urea groups is 1. The lowest BCUT2D eigenvalue weighted by Crippen LogP contribution is -2.54. The number of carboxylic acids is 1. The summed E-state index contributed by atoms with van der Waals surface area (Å²) >= 11 is 0. The van der Waals surface area contributed by atoms with Crippen molar-refractivity contribution in [1.29, 1.82) is 0 Å². The lowest BCUT2D eigenvalue weighted by molar-refractivity contribution is -0.144. The largest absolute Gasteiger partial charge is 0.479 e. The van der Waals surface area contributed by atoms with E-state index in [0.29, 0.717) is 13.2 Å². The van der Waals surface area contributed by atoms with Crippen LogP contribution in [0.3, 0.4) is 0 Å². The van der Waals surface area contributed by atoms with Crippen LogP contribution in [0.1, 0.15) is 20.3 Å². The number of aliphatic carboxylic acids is 1. The fraction of sp³-hybridized carbons (Fsp3) is 0.800. The van der Waals surface area contributed by atoms with Gasteiger partial charge in [0.2, 0.25) is 0 Å². The molecular weight excluding hydrogens is 228 g/mol. The lowest BCUT2D eigenvalue weighted by atomic mass is 10.1. The van der Waals surface area contributed by atoms with Crippen LogP contribution in [0.4, 0.5) is 4.79 Å². The fourth-order valence-electron chi connectivity index (χ4n) is 1.65. The first kappa shape index (κ1) is 13.7. The molecule has 2 unspecified atom stereocenters. The second kappa shape index (κ2) is 6.41. The van der Waals surface area contributed by atoms with Crippen LogP contribution in [0.15, 0.2) is 0 Å². The van der Waals surface area contributed by atoms with Crippen LogP contribution in [0, 0.1) is 0 Å². The number of carboxylic acid groups (broad SMARTS) is 1. The summed E-state index contributed by atoms with van der Waals surface area (Å²) in [5.74, 6) is -1.13. The highest BCUT2D eigenvalue weighted by molar-refractivity contribution is 5.74. The van der Waals surface area contributed by atoms with E-state index in [0.717, 1.165) is 6.42 Å². The molecule has 2 N–H and O–H groups in total. The molecule has 0 aromatic rings. The van der Waals surface area contributed by atoms with E-state index in [2.05, 4.69) is 10.3 Å². The Kier molecular flexibility index (Phi) is 5.17. The minimum absolute atomic E-state index is 0.000344. The van der Waals surface area contributed by atoms with Gasteiger partial charge in [0, 0.05) is 6.54 Å². The monoisotopic (exact) mass is 246 g/mol. The van der Waals surface area contributed by atoms with E-state index in [4.69, 9.17) is 9.84 Å². The minimum atomic E-state index is -1.13. The Hall–Kier alpha value is -1.34. The molecule has 1 aliphatic heterocycles. The summed E-state index contributed by atoms with van der Waals surface area (Å²) in [6.07, 6.45) is 0.752. The van der Waals surface area contributed by atoms with Gasteiger partial charge >= 0.3 is 12.0 Å². The summed E-state index contributed by atoms with van der Waals surface area (Å²) in [6, 6.07) is -0.423. The molecule has 0 aromatic carbocycles. The van der Waals surface area contributed by atoms with Gasteiger partial charge in [-0.3, -0.25) is 4.84 Å². The van der Waals surface area contributed by atoms with Crippen LogP contribution in [0.25, 0.3) is 0 Å². The standard InChI is InChI=1S/C10H18N2O5/c1-3-8-5-16-7(2)4-12(8)10(15)11-17-6-9(13)14/h7-8H,3-6H2,1-2H3,(H,11,15)(H,13,14). The summed E-state index contributed by atoms with van der Waals surface area (Å²) in [5, 5.41) is 8.37. The Morgan fingerprint density at radius 3 is 2.88 bits per heavy atom. The molecule has 17 heavy (non-hydrogen) atoms. The van der Waals surface area contributed by atoms with Crippen molar-refractivity contribution < 1.29 is 24.3 Å². The molecule has 2 atom stereocenters. The van der Waals surface area contributed by atoms with Gasteiger partial charge in [0.15, 0.2) is 6.61 Å². The van der Waals surface area contributed by atoms with Crippen molar-refractivity contribution in [2.24, 2.45) is 0 Å². The molecule has 1 fully saturated rings. The number of amides is 2. The second-order valence-corrected chi connectivity index (χ2v) is 3.95. The minimum Gasteiger partial charge on any atom is -0.479 e. The fourth-order valence-corrected chi connectivity index (χ4v) is 1.65. The molecule has 0 aliphatic carbocycles. The highest BCUT2D eigenvalue weighted by Gasteiger charge is 2.29. The van der Waals surface area contributed by atoms with E-state index in [1.54, 1.807) is 4.90 Å². The van der Waals surface area contributed by atoms with E-state index in [1.165, 1.54) is 0 Å². The van der Waals surface area contributed by atoms with E-state index >= 15 is 0 Å². The van der Waals surface area contributed by atoms with E-state index in [9.17, 15) is 9.59 Å². The Morgan fingerprint density at radius 1 is 1.59 bits per heavy atom. The Bertz CT molecular complexity index is 284. The number of hydroxylamine groups is 1. The first-order chi connectivity index (χ1) is 8.04. The molecular formula is C10H18N2O5. The molecule has 1 heterocycles. The van der Waals surface area contributed by atoms with Gasteiger partial charge in [-0.15, -0.1) is 0 Å². The van der Waals surface area contributed by atoms with Crippen LogP contribution in [0.5, 0.6) is 0 Å². The van der Waals surface area contributed by atoms with Crippen LogP contribution in [-0.4, -0.2) is 53.9 Å². The highest BCUT2D eigenvalue weighted by Crippen LogP contribution is 2.14. The maximum atomic E-state index is 11.7. The van der Waals surface area contributed by atoms with Gasteiger partial charge in [0.1, 0.15) is 0 Å². The van der Waals surface area contributed by atoms with Crippen molar-refractivity contribution in [3.05, 3.63) is 0 Å². The predicted octanol–water partition coefficient (Wildman–Crippen LogP) is 0.212. The first-order valence-corrected chi connectivity index (χ1v) is 5.56. The molecule has 7 nitrogen and oxygen atoms in total. The first-order valence-electron chi connectivity index (χ1n) is 5.56. The van der Waals surface area contributed by atoms with E-state index in [-0.39, 0.29) is 12.1 Å². The smallest absolute Gasteiger partial charge is 0.341 e. The highest BCUT2D eigenvalue weighted by atomic mass is 16.7. The topological polar surface area (TPSA) is 88.1 Å². The van der Waals surface area contributed by atoms with E-state index < -0.39 is 18.6 Å². The van der Waals surface area contributed by atoms with Crippen molar-refractivity contribution in [3.8, 4) is 0 Å². The molecule has 2 amide bonds. The summed E-state index contributed by atoms with van der Waals surface area (Å²) < 4.78 is 5.45.